The molecule has 0 saturated heterocycles. The Kier molecular flexibility index (Phi) is 4.89. The van der Waals surface area contributed by atoms with Crippen LogP contribution in [-0.2, 0) is 4.79 Å². The molecule has 0 heterocycles. The van der Waals surface area contributed by atoms with Crippen molar-refractivity contribution in [3.63, 3.8) is 0 Å². The Balaban J connectivity index is 3.80. The number of carboxylic acids is 1. The van der Waals surface area contributed by atoms with Gasteiger partial charge in [0, 0.05) is 6.54 Å². The Morgan fingerprint density at radius 2 is 2.21 bits per heavy atom. The first-order valence-corrected chi connectivity index (χ1v) is 4.12. The number of carbonyl (C=O) groups is 1. The normalized spacial score (nSPS) is 16.1. The molecule has 0 aromatic heterocycles. The fraction of sp³-hybridized carbons (Fsp3) is 0.714. The van der Waals surface area contributed by atoms with E-state index in [2.05, 4.69) is 4.99 Å². The van der Waals surface area contributed by atoms with Crippen LogP contribution in [0.4, 0.5) is 0 Å². The number of guanidine groups is 1. The van der Waals surface area contributed by atoms with Gasteiger partial charge in [0.25, 0.3) is 0 Å². The summed E-state index contributed by atoms with van der Waals surface area (Å²) >= 11 is 0. The lowest BCUT2D eigenvalue weighted by Crippen LogP contribution is -2.44. The third-order valence-corrected chi connectivity index (χ3v) is 1.74. The van der Waals surface area contributed by atoms with Crippen LogP contribution in [0, 0.1) is 0 Å². The minimum absolute atomic E-state index is 0.0981. The molecular weight excluding hydrogens is 188 g/mol. The predicted molar refractivity (Wildman–Crippen MR) is 50.9 cm³/mol. The molecule has 7 nitrogen and oxygen atoms in total. The Labute approximate surface area is 81.8 Å². The fourth-order valence-corrected chi connectivity index (χ4v) is 0.788. The van der Waals surface area contributed by atoms with Crippen LogP contribution in [0.3, 0.4) is 0 Å². The van der Waals surface area contributed by atoms with Gasteiger partial charge in [-0.25, -0.2) is 5.48 Å². The average molecular weight is 204 g/mol. The maximum Gasteiger partial charge on any atom is 0.323 e. The highest BCUT2D eigenvalue weighted by Gasteiger charge is 2.26. The summed E-state index contributed by atoms with van der Waals surface area (Å²) in [7, 11) is 0. The van der Waals surface area contributed by atoms with Gasteiger partial charge in [-0.1, -0.05) is 0 Å². The summed E-state index contributed by atoms with van der Waals surface area (Å²) in [4.78, 5) is 14.3. The molecule has 7 heteroatoms. The van der Waals surface area contributed by atoms with E-state index in [1.165, 1.54) is 6.92 Å². The molecular formula is C7H16N4O3. The van der Waals surface area contributed by atoms with E-state index >= 15 is 0 Å². The van der Waals surface area contributed by atoms with Gasteiger partial charge in [-0.3, -0.25) is 15.0 Å². The Morgan fingerprint density at radius 3 is 2.64 bits per heavy atom. The van der Waals surface area contributed by atoms with Crippen molar-refractivity contribution in [3.8, 4) is 0 Å². The molecule has 0 bridgehead atoms. The quantitative estimate of drug-likeness (QED) is 0.166. The highest BCUT2D eigenvalue weighted by molar-refractivity contribution is 5.78. The maximum atomic E-state index is 10.6. The molecule has 14 heavy (non-hydrogen) atoms. The van der Waals surface area contributed by atoms with Gasteiger partial charge in [0.2, 0.25) is 5.96 Å². The molecule has 0 spiro atoms. The van der Waals surface area contributed by atoms with Gasteiger partial charge >= 0.3 is 5.97 Å². The minimum atomic E-state index is -1.24. The number of hydroxylamine groups is 1. The molecule has 0 aliphatic carbocycles. The second-order valence-corrected chi connectivity index (χ2v) is 3.20. The van der Waals surface area contributed by atoms with Crippen molar-refractivity contribution >= 4 is 11.9 Å². The van der Waals surface area contributed by atoms with Crippen LogP contribution in [0.2, 0.25) is 0 Å². The molecule has 7 N–H and O–H groups in total. The molecule has 0 unspecified atom stereocenters. The molecule has 0 aromatic carbocycles. The topological polar surface area (TPSA) is 134 Å². The van der Waals surface area contributed by atoms with E-state index in [1.807, 2.05) is 0 Å². The molecule has 0 fully saturated rings. The highest BCUT2D eigenvalue weighted by Crippen LogP contribution is 2.08. The summed E-state index contributed by atoms with van der Waals surface area (Å²) in [5.74, 6) is -1.14. The predicted octanol–water partition coefficient (Wildman–Crippen LogP) is -1.14. The minimum Gasteiger partial charge on any atom is -0.480 e. The second-order valence-electron chi connectivity index (χ2n) is 3.20. The summed E-state index contributed by atoms with van der Waals surface area (Å²) in [6.45, 7) is 1.76. The van der Waals surface area contributed by atoms with Crippen LogP contribution in [0.1, 0.15) is 19.8 Å². The number of nitrogens with one attached hydrogen (secondary N) is 1. The van der Waals surface area contributed by atoms with Gasteiger partial charge in [0.05, 0.1) is 0 Å². The Bertz CT molecular complexity index is 227. The molecule has 82 valence electrons. The Morgan fingerprint density at radius 1 is 1.64 bits per heavy atom. The third kappa shape index (κ3) is 4.63. The first kappa shape index (κ1) is 12.7. The summed E-state index contributed by atoms with van der Waals surface area (Å²) in [5, 5.41) is 16.9. The first-order chi connectivity index (χ1) is 6.40. The molecule has 0 amide bonds. The van der Waals surface area contributed by atoms with Crippen LogP contribution in [0.25, 0.3) is 0 Å². The molecule has 0 saturated carbocycles. The number of nitrogens with zero attached hydrogens (tertiary/aromatic N) is 1. The molecule has 0 aliphatic heterocycles. The monoisotopic (exact) mass is 204 g/mol. The lowest BCUT2D eigenvalue weighted by Gasteiger charge is -2.17. The fourth-order valence-electron chi connectivity index (χ4n) is 0.788. The zero-order chi connectivity index (χ0) is 11.2. The standard InChI is InChI=1S/C7H16N4O3/c1-7(9,5(12)13)3-2-4-10-6(8)11-14/h14H,2-4,9H2,1H3,(H,12,13)(H3,8,10,11)/t7-/m0/s1. The van der Waals surface area contributed by atoms with Gasteiger partial charge in [-0.2, -0.15) is 0 Å². The number of nitrogens with two attached hydrogens (primary N) is 2. The summed E-state index contributed by atoms with van der Waals surface area (Å²) < 4.78 is 0. The first-order valence-electron chi connectivity index (χ1n) is 4.12. The molecule has 0 radical (unpaired) electrons. The smallest absolute Gasteiger partial charge is 0.323 e. The largest absolute Gasteiger partial charge is 0.480 e. The van der Waals surface area contributed by atoms with E-state index in [4.69, 9.17) is 21.8 Å². The number of rotatable bonds is 5. The Hall–Kier alpha value is -1.34. The summed E-state index contributed by atoms with van der Waals surface area (Å²) in [6, 6.07) is 0. The van der Waals surface area contributed by atoms with Crippen LogP contribution in [0.5, 0.6) is 0 Å². The molecule has 0 aromatic rings. The zero-order valence-corrected chi connectivity index (χ0v) is 8.03. The van der Waals surface area contributed by atoms with E-state index in [-0.39, 0.29) is 5.96 Å². The number of aliphatic carboxylic acids is 1. The second kappa shape index (κ2) is 5.40. The van der Waals surface area contributed by atoms with Gasteiger partial charge in [-0.05, 0) is 19.8 Å². The highest BCUT2D eigenvalue weighted by atomic mass is 16.5. The van der Waals surface area contributed by atoms with Crippen molar-refractivity contribution in [2.24, 2.45) is 16.5 Å². The summed E-state index contributed by atoms with van der Waals surface area (Å²) in [5.41, 5.74) is 11.0. The number of hydrogen-bond acceptors (Lipinski definition) is 4. The van der Waals surface area contributed by atoms with E-state index in [0.29, 0.717) is 19.4 Å². The molecule has 0 aliphatic rings. The average Bonchev–Trinajstić information content (AvgIpc) is 2.11. The van der Waals surface area contributed by atoms with E-state index in [0.717, 1.165) is 0 Å². The lowest BCUT2D eigenvalue weighted by atomic mass is 9.98. The van der Waals surface area contributed by atoms with Crippen LogP contribution >= 0.6 is 0 Å². The number of aliphatic imine (C=N–C) groups is 1. The molecule has 0 rings (SSSR count). The van der Waals surface area contributed by atoms with Gasteiger partial charge in [-0.15, -0.1) is 0 Å². The van der Waals surface area contributed by atoms with Crippen molar-refractivity contribution in [2.75, 3.05) is 6.54 Å². The summed E-state index contributed by atoms with van der Waals surface area (Å²) in [6.07, 6.45) is 0.784. The van der Waals surface area contributed by atoms with Crippen LogP contribution in [-0.4, -0.2) is 34.3 Å². The number of carboxylic acid groups (broad SMARTS) is 1. The number of hydrogen-bond donors (Lipinski definition) is 5. The maximum absolute atomic E-state index is 10.6. The van der Waals surface area contributed by atoms with Crippen molar-refractivity contribution in [1.29, 1.82) is 0 Å². The SMILES string of the molecule is C[C@](N)(CCCN=C(N)NO)C(=O)O. The van der Waals surface area contributed by atoms with Gasteiger partial charge in [0.15, 0.2) is 0 Å². The van der Waals surface area contributed by atoms with Crippen LogP contribution < -0.4 is 16.9 Å². The lowest BCUT2D eigenvalue weighted by molar-refractivity contribution is -0.142. The zero-order valence-electron chi connectivity index (χ0n) is 8.03. The third-order valence-electron chi connectivity index (χ3n) is 1.74. The van der Waals surface area contributed by atoms with E-state index in [1.54, 1.807) is 5.48 Å². The van der Waals surface area contributed by atoms with E-state index in [9.17, 15) is 4.79 Å². The van der Waals surface area contributed by atoms with Gasteiger partial charge < -0.3 is 16.6 Å². The van der Waals surface area contributed by atoms with Crippen LogP contribution in [0.15, 0.2) is 4.99 Å². The van der Waals surface area contributed by atoms with Gasteiger partial charge in [0.1, 0.15) is 5.54 Å². The van der Waals surface area contributed by atoms with Crippen molar-refractivity contribution < 1.29 is 15.1 Å². The molecule has 1 atom stereocenters. The van der Waals surface area contributed by atoms with E-state index < -0.39 is 11.5 Å². The van der Waals surface area contributed by atoms with Crippen molar-refractivity contribution in [3.05, 3.63) is 0 Å². The van der Waals surface area contributed by atoms with Crippen molar-refractivity contribution in [1.82, 2.24) is 5.48 Å². The van der Waals surface area contributed by atoms with Crippen molar-refractivity contribution in [2.45, 2.75) is 25.3 Å².